The van der Waals surface area contributed by atoms with Gasteiger partial charge >= 0.3 is 0 Å². The number of hydrogen-bond acceptors (Lipinski definition) is 5. The van der Waals surface area contributed by atoms with Crippen molar-refractivity contribution >= 4 is 45.0 Å². The van der Waals surface area contributed by atoms with E-state index < -0.39 is 0 Å². The molecule has 0 unspecified atom stereocenters. The summed E-state index contributed by atoms with van der Waals surface area (Å²) in [6, 6.07) is 20.5. The van der Waals surface area contributed by atoms with Gasteiger partial charge in [0.05, 0.1) is 30.6 Å². The highest BCUT2D eigenvalue weighted by molar-refractivity contribution is 6.28. The van der Waals surface area contributed by atoms with E-state index in [1.54, 1.807) is 12.4 Å². The lowest BCUT2D eigenvalue weighted by molar-refractivity contribution is -0.0213. The Morgan fingerprint density at radius 1 is 0.778 bits per heavy atom. The van der Waals surface area contributed by atoms with Crippen LogP contribution in [0.3, 0.4) is 0 Å². The number of aromatic nitrogens is 6. The molecular formula is C27H20Cl2N6O. The highest BCUT2D eigenvalue weighted by atomic mass is 35.5. The molecule has 36 heavy (non-hydrogen) atoms. The van der Waals surface area contributed by atoms with Gasteiger partial charge in [0.15, 0.2) is 0 Å². The van der Waals surface area contributed by atoms with Crippen molar-refractivity contribution in [2.45, 2.75) is 6.04 Å². The Balaban J connectivity index is 0.000000137. The summed E-state index contributed by atoms with van der Waals surface area (Å²) in [5.74, 6) is 0. The molecular weight excluding hydrogens is 495 g/mol. The van der Waals surface area contributed by atoms with E-state index >= 15 is 0 Å². The zero-order chi connectivity index (χ0) is 24.5. The molecule has 6 aromatic rings. The van der Waals surface area contributed by atoms with Crippen molar-refractivity contribution in [2.75, 3.05) is 13.2 Å². The van der Waals surface area contributed by atoms with Crippen molar-refractivity contribution in [2.24, 2.45) is 0 Å². The molecule has 0 saturated carbocycles. The fourth-order valence-electron chi connectivity index (χ4n) is 4.35. The quantitative estimate of drug-likeness (QED) is 0.269. The molecule has 2 aromatic carbocycles. The van der Waals surface area contributed by atoms with Crippen molar-refractivity contribution in [3.8, 4) is 22.5 Å². The van der Waals surface area contributed by atoms with E-state index in [0.29, 0.717) is 6.04 Å². The number of rotatable bonds is 3. The van der Waals surface area contributed by atoms with E-state index in [-0.39, 0.29) is 10.6 Å². The van der Waals surface area contributed by atoms with Crippen LogP contribution < -0.4 is 0 Å². The van der Waals surface area contributed by atoms with Crippen molar-refractivity contribution in [3.63, 3.8) is 0 Å². The summed E-state index contributed by atoms with van der Waals surface area (Å²) in [5.41, 5.74) is 6.09. The number of H-pyrrole nitrogens is 1. The van der Waals surface area contributed by atoms with Gasteiger partial charge in [-0.2, -0.15) is 0 Å². The second-order valence-electron chi connectivity index (χ2n) is 8.33. The number of nitrogens with one attached hydrogen (secondary N) is 1. The first-order valence-corrected chi connectivity index (χ1v) is 12.1. The fraction of sp³-hybridized carbons (Fsp3) is 0.111. The van der Waals surface area contributed by atoms with Crippen LogP contribution in [0.4, 0.5) is 0 Å². The summed E-state index contributed by atoms with van der Waals surface area (Å²) in [6.07, 6.45) is 7.41. The minimum absolute atomic E-state index is 0.266. The van der Waals surface area contributed by atoms with Crippen LogP contribution in [0.1, 0.15) is 6.04 Å². The first kappa shape index (κ1) is 22.7. The van der Waals surface area contributed by atoms with Gasteiger partial charge < -0.3 is 14.3 Å². The molecule has 0 bridgehead atoms. The van der Waals surface area contributed by atoms with E-state index in [1.807, 2.05) is 42.6 Å². The summed E-state index contributed by atoms with van der Waals surface area (Å²) in [6.45, 7) is 1.53. The van der Waals surface area contributed by atoms with Gasteiger partial charge in [0.2, 0.25) is 10.6 Å². The predicted octanol–water partition coefficient (Wildman–Crippen LogP) is 6.60. The largest absolute Gasteiger partial charge is 0.377 e. The lowest BCUT2D eigenvalue weighted by atomic mass is 10.1. The standard InChI is InChI=1S/C15H12ClN3O.C12H8ClN3/c16-15-17-6-5-13(18-15)12-7-19(10-8-20-9-10)14-4-2-1-3-11(12)14;13-12-14-6-5-11(16-12)9-7-15-10-4-2-1-3-8(9)10/h1-7,10H,8-9H2;1-7,15H. The molecule has 0 spiro atoms. The molecule has 0 amide bonds. The predicted molar refractivity (Wildman–Crippen MR) is 142 cm³/mol. The second kappa shape index (κ2) is 9.70. The third-order valence-corrected chi connectivity index (χ3v) is 6.51. The van der Waals surface area contributed by atoms with E-state index in [4.69, 9.17) is 27.9 Å². The van der Waals surface area contributed by atoms with Crippen LogP contribution >= 0.6 is 23.2 Å². The van der Waals surface area contributed by atoms with E-state index in [2.05, 4.69) is 59.9 Å². The maximum atomic E-state index is 5.90. The van der Waals surface area contributed by atoms with E-state index in [9.17, 15) is 0 Å². The number of hydrogen-bond donors (Lipinski definition) is 1. The highest BCUT2D eigenvalue weighted by Gasteiger charge is 2.23. The molecule has 178 valence electrons. The van der Waals surface area contributed by atoms with Crippen molar-refractivity contribution in [3.05, 3.63) is 96.0 Å². The van der Waals surface area contributed by atoms with Gasteiger partial charge in [0.25, 0.3) is 0 Å². The lowest BCUT2D eigenvalue weighted by Gasteiger charge is -2.28. The van der Waals surface area contributed by atoms with Gasteiger partial charge in [0.1, 0.15) is 0 Å². The maximum Gasteiger partial charge on any atom is 0.222 e. The number of fused-ring (bicyclic) bond motifs is 2. The summed E-state index contributed by atoms with van der Waals surface area (Å²) in [5, 5.41) is 2.85. The van der Waals surface area contributed by atoms with Crippen molar-refractivity contribution in [1.82, 2.24) is 29.5 Å². The molecule has 1 aliphatic heterocycles. The Labute approximate surface area is 216 Å². The van der Waals surface area contributed by atoms with Gasteiger partial charge in [-0.25, -0.2) is 19.9 Å². The topological polar surface area (TPSA) is 81.5 Å². The Bertz CT molecular complexity index is 1670. The zero-order valence-corrected chi connectivity index (χ0v) is 20.5. The van der Waals surface area contributed by atoms with Crippen LogP contribution in [0.2, 0.25) is 10.6 Å². The van der Waals surface area contributed by atoms with Gasteiger partial charge in [-0.1, -0.05) is 36.4 Å². The monoisotopic (exact) mass is 514 g/mol. The molecule has 1 aliphatic rings. The molecule has 7 rings (SSSR count). The smallest absolute Gasteiger partial charge is 0.222 e. The average molecular weight is 515 g/mol. The highest BCUT2D eigenvalue weighted by Crippen LogP contribution is 2.33. The van der Waals surface area contributed by atoms with Gasteiger partial charge in [0, 0.05) is 57.7 Å². The SMILES string of the molecule is Clc1nccc(-c2c[nH]c3ccccc23)n1.Clc1nccc(-c2cn(C3COC3)c3ccccc23)n1. The number of nitrogens with zero attached hydrogens (tertiary/aromatic N) is 5. The maximum absolute atomic E-state index is 5.90. The minimum Gasteiger partial charge on any atom is -0.377 e. The number of para-hydroxylation sites is 2. The molecule has 4 aromatic heterocycles. The third-order valence-electron chi connectivity index (χ3n) is 6.15. The average Bonchev–Trinajstić information content (AvgIpc) is 3.46. The fourth-order valence-corrected chi connectivity index (χ4v) is 4.64. The van der Waals surface area contributed by atoms with Crippen LogP contribution in [0.15, 0.2) is 85.5 Å². The normalized spacial score (nSPS) is 13.4. The van der Waals surface area contributed by atoms with Gasteiger partial charge in [-0.05, 0) is 47.5 Å². The number of ether oxygens (including phenoxy) is 1. The summed E-state index contributed by atoms with van der Waals surface area (Å²) >= 11 is 11.7. The second-order valence-corrected chi connectivity index (χ2v) is 9.00. The lowest BCUT2D eigenvalue weighted by Crippen LogP contribution is -2.29. The van der Waals surface area contributed by atoms with Crippen molar-refractivity contribution < 1.29 is 4.74 Å². The van der Waals surface area contributed by atoms with E-state index in [1.165, 1.54) is 10.9 Å². The Hall–Kier alpha value is -3.78. The number of halogens is 2. The summed E-state index contributed by atoms with van der Waals surface area (Å²) in [7, 11) is 0. The number of aromatic amines is 1. The summed E-state index contributed by atoms with van der Waals surface area (Å²) in [4.78, 5) is 19.5. The van der Waals surface area contributed by atoms with Gasteiger partial charge in [-0.15, -0.1) is 0 Å². The molecule has 9 heteroatoms. The van der Waals surface area contributed by atoms with Crippen molar-refractivity contribution in [1.29, 1.82) is 0 Å². The van der Waals surface area contributed by atoms with Crippen LogP contribution in [-0.4, -0.2) is 42.7 Å². The Morgan fingerprint density at radius 2 is 1.42 bits per heavy atom. The first-order valence-electron chi connectivity index (χ1n) is 11.4. The molecule has 1 saturated heterocycles. The zero-order valence-electron chi connectivity index (χ0n) is 19.0. The third kappa shape index (κ3) is 4.33. The van der Waals surface area contributed by atoms with Crippen LogP contribution in [-0.2, 0) is 4.74 Å². The molecule has 7 nitrogen and oxygen atoms in total. The molecule has 1 fully saturated rings. The minimum atomic E-state index is 0.266. The summed E-state index contributed by atoms with van der Waals surface area (Å²) < 4.78 is 7.57. The van der Waals surface area contributed by atoms with Crippen LogP contribution in [0.25, 0.3) is 44.3 Å². The first-order chi connectivity index (χ1) is 17.7. The number of benzene rings is 2. The Morgan fingerprint density at radius 3 is 2.08 bits per heavy atom. The molecule has 0 aliphatic carbocycles. The van der Waals surface area contributed by atoms with Crippen LogP contribution in [0, 0.1) is 0 Å². The Kier molecular flexibility index (Phi) is 6.11. The molecule has 0 radical (unpaired) electrons. The molecule has 1 N–H and O–H groups in total. The van der Waals surface area contributed by atoms with Gasteiger partial charge in [-0.3, -0.25) is 0 Å². The molecule has 5 heterocycles. The van der Waals surface area contributed by atoms with Crippen LogP contribution in [0.5, 0.6) is 0 Å². The molecule has 0 atom stereocenters. The van der Waals surface area contributed by atoms with E-state index in [0.717, 1.165) is 46.6 Å².